The molecule has 2 fully saturated rings. The van der Waals surface area contributed by atoms with Crippen LogP contribution in [0.4, 0.5) is 5.95 Å². The van der Waals surface area contributed by atoms with E-state index in [-0.39, 0.29) is 0 Å². The van der Waals surface area contributed by atoms with Crippen molar-refractivity contribution in [3.8, 4) is 11.4 Å². The Hall–Kier alpha value is -1.95. The zero-order valence-electron chi connectivity index (χ0n) is 14.4. The number of aliphatic hydroxyl groups is 1. The van der Waals surface area contributed by atoms with Crippen molar-refractivity contribution in [2.75, 3.05) is 18.0 Å². The van der Waals surface area contributed by atoms with Crippen molar-refractivity contribution in [1.29, 1.82) is 0 Å². The van der Waals surface area contributed by atoms with E-state index in [9.17, 15) is 5.11 Å². The lowest BCUT2D eigenvalue weighted by Gasteiger charge is -2.47. The van der Waals surface area contributed by atoms with E-state index in [2.05, 4.69) is 15.0 Å². The van der Waals surface area contributed by atoms with Gasteiger partial charge in [0.25, 0.3) is 0 Å². The molecule has 1 N–H and O–H groups in total. The molecule has 1 saturated carbocycles. The first-order chi connectivity index (χ1) is 11.6. The fraction of sp³-hybridized carbons (Fsp3) is 0.611. The van der Waals surface area contributed by atoms with E-state index in [1.54, 1.807) is 6.20 Å². The summed E-state index contributed by atoms with van der Waals surface area (Å²) in [6.45, 7) is 3.70. The fourth-order valence-electron chi connectivity index (χ4n) is 4.20. The minimum absolute atomic E-state index is 0.338. The van der Waals surface area contributed by atoms with E-state index in [1.807, 2.05) is 30.9 Å². The summed E-state index contributed by atoms with van der Waals surface area (Å²) in [4.78, 5) is 11.6. The Bertz CT molecular complexity index is 743. The third-order valence-electron chi connectivity index (χ3n) is 5.73. The third kappa shape index (κ3) is 2.59. The lowest BCUT2D eigenvalue weighted by atomic mass is 9.71. The number of anilines is 1. The first-order valence-electron chi connectivity index (χ1n) is 8.86. The maximum absolute atomic E-state index is 10.9. The van der Waals surface area contributed by atoms with Gasteiger partial charge in [0.2, 0.25) is 5.95 Å². The van der Waals surface area contributed by atoms with E-state index >= 15 is 0 Å². The van der Waals surface area contributed by atoms with Gasteiger partial charge in [0.1, 0.15) is 0 Å². The van der Waals surface area contributed by atoms with Gasteiger partial charge in [0.15, 0.2) is 0 Å². The van der Waals surface area contributed by atoms with Crippen molar-refractivity contribution >= 4 is 5.95 Å². The molecule has 4 rings (SSSR count). The smallest absolute Gasteiger partial charge is 0.225 e. The SMILES string of the molecule is Cc1cnc(N2CC[C@@]3(O)CCCC[C@H]3C2)nc1-c1ccnn1C. The summed E-state index contributed by atoms with van der Waals surface area (Å²) in [6.07, 6.45) is 8.92. The van der Waals surface area contributed by atoms with Gasteiger partial charge in [0, 0.05) is 38.4 Å². The summed E-state index contributed by atoms with van der Waals surface area (Å²) in [7, 11) is 1.93. The van der Waals surface area contributed by atoms with Crippen LogP contribution in [0.15, 0.2) is 18.5 Å². The van der Waals surface area contributed by atoms with Crippen LogP contribution in [-0.4, -0.2) is 43.5 Å². The molecule has 6 nitrogen and oxygen atoms in total. The van der Waals surface area contributed by atoms with E-state index in [0.717, 1.165) is 61.7 Å². The predicted octanol–water partition coefficient (Wildman–Crippen LogP) is 2.32. The molecule has 1 saturated heterocycles. The highest BCUT2D eigenvalue weighted by molar-refractivity contribution is 5.60. The van der Waals surface area contributed by atoms with Crippen molar-refractivity contribution in [3.63, 3.8) is 0 Å². The van der Waals surface area contributed by atoms with E-state index in [0.29, 0.717) is 5.92 Å². The second kappa shape index (κ2) is 5.84. The van der Waals surface area contributed by atoms with Crippen LogP contribution in [0.2, 0.25) is 0 Å². The van der Waals surface area contributed by atoms with Crippen LogP contribution in [0.25, 0.3) is 11.4 Å². The monoisotopic (exact) mass is 327 g/mol. The van der Waals surface area contributed by atoms with Gasteiger partial charge in [-0.3, -0.25) is 4.68 Å². The molecule has 24 heavy (non-hydrogen) atoms. The van der Waals surface area contributed by atoms with Crippen molar-refractivity contribution in [1.82, 2.24) is 19.7 Å². The molecule has 0 unspecified atom stereocenters. The molecule has 0 aromatic carbocycles. The van der Waals surface area contributed by atoms with E-state index in [4.69, 9.17) is 4.98 Å². The molecule has 6 heteroatoms. The predicted molar refractivity (Wildman–Crippen MR) is 92.7 cm³/mol. The van der Waals surface area contributed by atoms with E-state index < -0.39 is 5.60 Å². The van der Waals surface area contributed by atoms with Gasteiger partial charge in [-0.05, 0) is 37.8 Å². The average Bonchev–Trinajstić information content (AvgIpc) is 3.00. The molecule has 1 aliphatic heterocycles. The Morgan fingerprint density at radius 1 is 1.29 bits per heavy atom. The van der Waals surface area contributed by atoms with Gasteiger partial charge in [-0.25, -0.2) is 9.97 Å². The van der Waals surface area contributed by atoms with Crippen molar-refractivity contribution < 1.29 is 5.11 Å². The molecule has 0 spiro atoms. The number of piperidine rings is 1. The Labute approximate surface area is 142 Å². The maximum atomic E-state index is 10.9. The highest BCUT2D eigenvalue weighted by atomic mass is 16.3. The van der Waals surface area contributed by atoms with Crippen LogP contribution in [0, 0.1) is 12.8 Å². The minimum Gasteiger partial charge on any atom is -0.389 e. The molecule has 128 valence electrons. The van der Waals surface area contributed by atoms with Gasteiger partial charge < -0.3 is 10.0 Å². The maximum Gasteiger partial charge on any atom is 0.225 e. The fourth-order valence-corrected chi connectivity index (χ4v) is 4.20. The molecule has 2 aromatic rings. The summed E-state index contributed by atoms with van der Waals surface area (Å²) < 4.78 is 1.84. The standard InChI is InChI=1S/C18H25N5O/c1-13-11-19-17(21-16(13)15-6-9-20-22(15)2)23-10-8-18(24)7-4-3-5-14(18)12-23/h6,9,11,14,24H,3-5,7-8,10,12H2,1-2H3/t14-,18-/m0/s1. The number of aromatic nitrogens is 4. The summed E-state index contributed by atoms with van der Waals surface area (Å²) in [6, 6.07) is 1.98. The number of rotatable bonds is 2. The first-order valence-corrected chi connectivity index (χ1v) is 8.86. The number of hydrogen-bond donors (Lipinski definition) is 1. The lowest BCUT2D eigenvalue weighted by Crippen LogP contribution is -2.53. The summed E-state index contributed by atoms with van der Waals surface area (Å²) in [5.41, 5.74) is 2.52. The molecule has 1 aliphatic carbocycles. The van der Waals surface area contributed by atoms with Crippen LogP contribution in [0.1, 0.15) is 37.7 Å². The Morgan fingerprint density at radius 3 is 2.96 bits per heavy atom. The van der Waals surface area contributed by atoms with E-state index in [1.165, 1.54) is 6.42 Å². The zero-order valence-corrected chi connectivity index (χ0v) is 14.4. The highest BCUT2D eigenvalue weighted by Crippen LogP contribution is 2.40. The number of hydrogen-bond acceptors (Lipinski definition) is 5. The summed E-state index contributed by atoms with van der Waals surface area (Å²) in [5.74, 6) is 1.11. The number of nitrogens with zero attached hydrogens (tertiary/aromatic N) is 5. The Kier molecular flexibility index (Phi) is 3.79. The van der Waals surface area contributed by atoms with Crippen molar-refractivity contribution in [2.45, 2.75) is 44.6 Å². The average molecular weight is 327 g/mol. The largest absolute Gasteiger partial charge is 0.389 e. The number of fused-ring (bicyclic) bond motifs is 1. The van der Waals surface area contributed by atoms with Gasteiger partial charge in [0.05, 0.1) is 17.0 Å². The van der Waals surface area contributed by atoms with Gasteiger partial charge in [-0.1, -0.05) is 12.8 Å². The third-order valence-corrected chi connectivity index (χ3v) is 5.73. The first kappa shape index (κ1) is 15.6. The highest BCUT2D eigenvalue weighted by Gasteiger charge is 2.43. The Balaban J connectivity index is 1.62. The van der Waals surface area contributed by atoms with Crippen LogP contribution in [0.3, 0.4) is 0 Å². The van der Waals surface area contributed by atoms with Crippen LogP contribution in [0.5, 0.6) is 0 Å². The second-order valence-corrected chi connectivity index (χ2v) is 7.28. The zero-order chi connectivity index (χ0) is 16.7. The summed E-state index contributed by atoms with van der Waals surface area (Å²) in [5, 5.41) is 15.1. The van der Waals surface area contributed by atoms with Gasteiger partial charge in [-0.2, -0.15) is 5.10 Å². The molecule has 2 aromatic heterocycles. The molecule has 0 radical (unpaired) electrons. The normalized spacial score (nSPS) is 27.1. The lowest BCUT2D eigenvalue weighted by molar-refractivity contribution is -0.0614. The number of aryl methyl sites for hydroxylation is 2. The van der Waals surface area contributed by atoms with Gasteiger partial charge >= 0.3 is 0 Å². The molecular formula is C18H25N5O. The Morgan fingerprint density at radius 2 is 2.17 bits per heavy atom. The van der Waals surface area contributed by atoms with Crippen molar-refractivity contribution in [2.24, 2.45) is 13.0 Å². The molecule has 2 atom stereocenters. The quantitative estimate of drug-likeness (QED) is 0.917. The molecule has 2 aliphatic rings. The molecule has 3 heterocycles. The molecular weight excluding hydrogens is 302 g/mol. The van der Waals surface area contributed by atoms with Crippen LogP contribution < -0.4 is 4.90 Å². The summed E-state index contributed by atoms with van der Waals surface area (Å²) >= 11 is 0. The molecule has 0 amide bonds. The van der Waals surface area contributed by atoms with Gasteiger partial charge in [-0.15, -0.1) is 0 Å². The van der Waals surface area contributed by atoms with Crippen LogP contribution >= 0.6 is 0 Å². The second-order valence-electron chi connectivity index (χ2n) is 7.28. The minimum atomic E-state index is -0.468. The topological polar surface area (TPSA) is 67.1 Å². The molecule has 0 bridgehead atoms. The van der Waals surface area contributed by atoms with Crippen LogP contribution in [-0.2, 0) is 7.05 Å². The van der Waals surface area contributed by atoms with Crippen molar-refractivity contribution in [3.05, 3.63) is 24.0 Å².